The maximum atomic E-state index is 12.8. The number of carbonyl (C=O) groups is 2. The van der Waals surface area contributed by atoms with Crippen LogP contribution in [0.25, 0.3) is 0 Å². The van der Waals surface area contributed by atoms with Crippen molar-refractivity contribution in [3.8, 4) is 0 Å². The third-order valence-electron chi connectivity index (χ3n) is 5.10. The predicted octanol–water partition coefficient (Wildman–Crippen LogP) is 2.64. The number of para-hydroxylation sites is 1. The topological polar surface area (TPSA) is 61.4 Å². The first-order valence-corrected chi connectivity index (χ1v) is 9.05. The van der Waals surface area contributed by atoms with Crippen LogP contribution in [0.5, 0.6) is 0 Å². The maximum absolute atomic E-state index is 12.8. The van der Waals surface area contributed by atoms with Gasteiger partial charge in [-0.3, -0.25) is 9.59 Å². The predicted molar refractivity (Wildman–Crippen MR) is 95.0 cm³/mol. The second-order valence-electron chi connectivity index (χ2n) is 7.07. The first-order chi connectivity index (χ1) is 11.6. The average Bonchev–Trinajstić information content (AvgIpc) is 3.08. The molecule has 2 saturated heterocycles. The zero-order chi connectivity index (χ0) is 16.9. The van der Waals surface area contributed by atoms with E-state index in [0.717, 1.165) is 45.3 Å². The molecule has 130 valence electrons. The van der Waals surface area contributed by atoms with E-state index in [1.54, 1.807) is 0 Å². The number of carbonyl (C=O) groups excluding carboxylic acids is 2. The molecule has 5 nitrogen and oxygen atoms in total. The fourth-order valence-electron chi connectivity index (χ4n) is 3.52. The number of nitrogens with zero attached hydrogens (tertiary/aromatic N) is 1. The van der Waals surface area contributed by atoms with Gasteiger partial charge in [-0.2, -0.15) is 0 Å². The van der Waals surface area contributed by atoms with Gasteiger partial charge >= 0.3 is 0 Å². The molecule has 0 aromatic heterocycles. The van der Waals surface area contributed by atoms with Crippen molar-refractivity contribution in [3.05, 3.63) is 29.8 Å². The highest BCUT2D eigenvalue weighted by Crippen LogP contribution is 2.22. The van der Waals surface area contributed by atoms with Crippen LogP contribution in [0.15, 0.2) is 24.3 Å². The highest BCUT2D eigenvalue weighted by atomic mass is 16.2. The molecule has 2 aliphatic heterocycles. The van der Waals surface area contributed by atoms with Gasteiger partial charge in [0.05, 0.1) is 11.3 Å². The van der Waals surface area contributed by atoms with Crippen molar-refractivity contribution in [3.63, 3.8) is 0 Å². The molecule has 2 N–H and O–H groups in total. The van der Waals surface area contributed by atoms with E-state index < -0.39 is 0 Å². The molecule has 1 aromatic rings. The molecule has 24 heavy (non-hydrogen) atoms. The van der Waals surface area contributed by atoms with E-state index in [-0.39, 0.29) is 17.9 Å². The summed E-state index contributed by atoms with van der Waals surface area (Å²) in [7, 11) is 0. The minimum absolute atomic E-state index is 0.0248. The molecule has 2 heterocycles. The molecule has 0 saturated carbocycles. The Morgan fingerprint density at radius 2 is 1.96 bits per heavy atom. The lowest BCUT2D eigenvalue weighted by atomic mass is 9.98. The number of amides is 2. The van der Waals surface area contributed by atoms with Crippen molar-refractivity contribution in [2.45, 2.75) is 45.1 Å². The Hall–Kier alpha value is -1.88. The lowest BCUT2D eigenvalue weighted by Crippen LogP contribution is -2.38. The number of rotatable bonds is 4. The minimum atomic E-state index is -0.0260. The molecular formula is C19H27N3O2. The minimum Gasteiger partial charge on any atom is -0.339 e. The Morgan fingerprint density at radius 3 is 2.67 bits per heavy atom. The van der Waals surface area contributed by atoms with Gasteiger partial charge in [0.1, 0.15) is 0 Å². The van der Waals surface area contributed by atoms with E-state index >= 15 is 0 Å². The van der Waals surface area contributed by atoms with Gasteiger partial charge in [0.25, 0.3) is 5.91 Å². The van der Waals surface area contributed by atoms with Gasteiger partial charge in [-0.1, -0.05) is 19.1 Å². The van der Waals surface area contributed by atoms with Crippen LogP contribution in [-0.2, 0) is 4.79 Å². The SMILES string of the molecule is CC1CCN(C(=O)c2ccccc2NC(=O)CC2CCCN2)CC1. The molecule has 0 radical (unpaired) electrons. The van der Waals surface area contributed by atoms with Crippen molar-refractivity contribution < 1.29 is 9.59 Å². The number of hydrogen-bond donors (Lipinski definition) is 2. The van der Waals surface area contributed by atoms with Gasteiger partial charge in [-0.15, -0.1) is 0 Å². The number of anilines is 1. The van der Waals surface area contributed by atoms with Crippen LogP contribution in [0, 0.1) is 5.92 Å². The molecule has 3 rings (SSSR count). The van der Waals surface area contributed by atoms with Crippen LogP contribution < -0.4 is 10.6 Å². The Balaban J connectivity index is 1.65. The zero-order valence-electron chi connectivity index (χ0n) is 14.4. The number of piperidine rings is 1. The van der Waals surface area contributed by atoms with Crippen molar-refractivity contribution in [2.24, 2.45) is 5.92 Å². The normalized spacial score (nSPS) is 21.7. The second kappa shape index (κ2) is 7.79. The first kappa shape index (κ1) is 17.0. The van der Waals surface area contributed by atoms with E-state index in [0.29, 0.717) is 23.6 Å². The molecule has 1 aromatic carbocycles. The van der Waals surface area contributed by atoms with E-state index in [2.05, 4.69) is 17.6 Å². The monoisotopic (exact) mass is 329 g/mol. The number of benzene rings is 1. The molecule has 0 bridgehead atoms. The summed E-state index contributed by atoms with van der Waals surface area (Å²) in [6.45, 7) is 4.82. The summed E-state index contributed by atoms with van der Waals surface area (Å²) in [5.41, 5.74) is 1.23. The highest BCUT2D eigenvalue weighted by Gasteiger charge is 2.24. The van der Waals surface area contributed by atoms with Gasteiger partial charge in [0.15, 0.2) is 0 Å². The Bertz CT molecular complexity index is 588. The van der Waals surface area contributed by atoms with Gasteiger partial charge in [0.2, 0.25) is 5.91 Å². The molecule has 0 spiro atoms. The summed E-state index contributed by atoms with van der Waals surface area (Å²) in [4.78, 5) is 27.0. The van der Waals surface area contributed by atoms with Crippen LogP contribution >= 0.6 is 0 Å². The van der Waals surface area contributed by atoms with E-state index in [1.165, 1.54) is 0 Å². The quantitative estimate of drug-likeness (QED) is 0.893. The van der Waals surface area contributed by atoms with Crippen molar-refractivity contribution in [2.75, 3.05) is 25.0 Å². The number of likely N-dealkylation sites (tertiary alicyclic amines) is 1. The van der Waals surface area contributed by atoms with Crippen LogP contribution in [0.2, 0.25) is 0 Å². The Labute approximate surface area is 143 Å². The summed E-state index contributed by atoms with van der Waals surface area (Å²) in [6.07, 6.45) is 4.73. The molecule has 1 atom stereocenters. The van der Waals surface area contributed by atoms with Crippen molar-refractivity contribution in [1.82, 2.24) is 10.2 Å². The van der Waals surface area contributed by atoms with E-state index in [9.17, 15) is 9.59 Å². The molecule has 2 amide bonds. The standard InChI is InChI=1S/C19H27N3O2/c1-14-8-11-22(12-9-14)19(24)16-6-2-3-7-17(16)21-18(23)13-15-5-4-10-20-15/h2-3,6-7,14-15,20H,4-5,8-13H2,1H3,(H,21,23). The Kier molecular flexibility index (Phi) is 5.51. The van der Waals surface area contributed by atoms with E-state index in [1.807, 2.05) is 29.2 Å². The fraction of sp³-hybridized carbons (Fsp3) is 0.579. The average molecular weight is 329 g/mol. The lowest BCUT2D eigenvalue weighted by molar-refractivity contribution is -0.116. The van der Waals surface area contributed by atoms with Crippen LogP contribution in [-0.4, -0.2) is 42.4 Å². The summed E-state index contributed by atoms with van der Waals surface area (Å²) in [5, 5.41) is 6.27. The fourth-order valence-corrected chi connectivity index (χ4v) is 3.52. The van der Waals surface area contributed by atoms with Crippen LogP contribution in [0.3, 0.4) is 0 Å². The zero-order valence-corrected chi connectivity index (χ0v) is 14.4. The summed E-state index contributed by atoms with van der Waals surface area (Å²) >= 11 is 0. The third kappa shape index (κ3) is 4.15. The summed E-state index contributed by atoms with van der Waals surface area (Å²) in [6, 6.07) is 7.60. The molecule has 2 aliphatic rings. The molecule has 1 unspecified atom stereocenters. The smallest absolute Gasteiger partial charge is 0.255 e. The van der Waals surface area contributed by atoms with Crippen molar-refractivity contribution >= 4 is 17.5 Å². The number of hydrogen-bond acceptors (Lipinski definition) is 3. The van der Waals surface area contributed by atoms with Crippen molar-refractivity contribution in [1.29, 1.82) is 0 Å². The summed E-state index contributed by atoms with van der Waals surface area (Å²) < 4.78 is 0. The van der Waals surface area contributed by atoms with Gasteiger partial charge in [-0.05, 0) is 50.3 Å². The largest absolute Gasteiger partial charge is 0.339 e. The molecular weight excluding hydrogens is 302 g/mol. The first-order valence-electron chi connectivity index (χ1n) is 9.05. The van der Waals surface area contributed by atoms with Gasteiger partial charge < -0.3 is 15.5 Å². The third-order valence-corrected chi connectivity index (χ3v) is 5.10. The maximum Gasteiger partial charge on any atom is 0.255 e. The van der Waals surface area contributed by atoms with Crippen LogP contribution in [0.1, 0.15) is 49.4 Å². The summed E-state index contributed by atoms with van der Waals surface area (Å²) in [5.74, 6) is 0.682. The highest BCUT2D eigenvalue weighted by molar-refractivity contribution is 6.03. The van der Waals surface area contributed by atoms with E-state index in [4.69, 9.17) is 0 Å². The Morgan fingerprint density at radius 1 is 1.21 bits per heavy atom. The molecule has 2 fully saturated rings. The van der Waals surface area contributed by atoms with Gasteiger partial charge in [-0.25, -0.2) is 0 Å². The number of nitrogens with one attached hydrogen (secondary N) is 2. The molecule has 5 heteroatoms. The van der Waals surface area contributed by atoms with Gasteiger partial charge in [0, 0.05) is 25.6 Å². The lowest BCUT2D eigenvalue weighted by Gasteiger charge is -2.30. The molecule has 0 aliphatic carbocycles. The van der Waals surface area contributed by atoms with Crippen LogP contribution in [0.4, 0.5) is 5.69 Å². The second-order valence-corrected chi connectivity index (χ2v) is 7.07.